The maximum absolute atomic E-state index is 12.1. The molecule has 4 amide bonds. The zero-order valence-corrected chi connectivity index (χ0v) is 20.4. The van der Waals surface area contributed by atoms with Crippen molar-refractivity contribution in [1.82, 2.24) is 21.3 Å². The van der Waals surface area contributed by atoms with Crippen LogP contribution in [0.4, 0.5) is 19.2 Å². The Morgan fingerprint density at radius 2 is 1.00 bits per heavy atom. The van der Waals surface area contributed by atoms with Crippen molar-refractivity contribution in [1.29, 1.82) is 0 Å². The van der Waals surface area contributed by atoms with Crippen molar-refractivity contribution in [3.8, 4) is 0 Å². The number of alkyl carbamates (subject to hydrolysis) is 4. The fraction of sp³-hybridized carbons (Fsp3) is 0.733. The fourth-order valence-electron chi connectivity index (χ4n) is 1.98. The van der Waals surface area contributed by atoms with Crippen molar-refractivity contribution < 1.29 is 38.1 Å². The second-order valence-electron chi connectivity index (χ2n) is 6.45. The zero-order valence-electron chi connectivity index (χ0n) is 18.2. The molecule has 0 radical (unpaired) electrons. The summed E-state index contributed by atoms with van der Waals surface area (Å²) in [4.78, 5) is 47.8. The van der Waals surface area contributed by atoms with E-state index in [1.54, 1.807) is 0 Å². The van der Waals surface area contributed by atoms with E-state index in [2.05, 4.69) is 21.3 Å². The molecule has 0 heterocycles. The molecular formula is C15H30B3IN4O8. The van der Waals surface area contributed by atoms with E-state index >= 15 is 0 Å². The lowest BCUT2D eigenvalue weighted by Gasteiger charge is -2.32. The first-order valence-corrected chi connectivity index (χ1v) is 11.6. The molecule has 0 spiro atoms. The molecule has 0 aromatic heterocycles. The number of halogens is 1. The van der Waals surface area contributed by atoms with E-state index in [0.717, 1.165) is 0 Å². The monoisotopic (exact) mass is 554 g/mol. The third kappa shape index (κ3) is 14.6. The summed E-state index contributed by atoms with van der Waals surface area (Å²) in [5.74, 6) is 0. The topological polar surface area (TPSA) is 153 Å². The quantitative estimate of drug-likeness (QED) is 0.0849. The Labute approximate surface area is 198 Å². The van der Waals surface area contributed by atoms with Gasteiger partial charge >= 0.3 is 24.4 Å². The molecule has 0 saturated carbocycles. The van der Waals surface area contributed by atoms with Crippen LogP contribution >= 0.6 is 22.6 Å². The van der Waals surface area contributed by atoms with Crippen LogP contribution in [-0.2, 0) is 18.9 Å². The molecular weight excluding hydrogens is 524 g/mol. The van der Waals surface area contributed by atoms with E-state index in [1.165, 1.54) is 0 Å². The predicted molar refractivity (Wildman–Crippen MR) is 129 cm³/mol. The second-order valence-corrected chi connectivity index (χ2v) is 7.08. The Balaban J connectivity index is 5.39. The maximum Gasteiger partial charge on any atom is 0.408 e. The number of rotatable bonds is 14. The van der Waals surface area contributed by atoms with Crippen LogP contribution in [-0.4, -0.2) is 97.5 Å². The minimum Gasteiger partial charge on any atom is -0.447 e. The molecule has 0 atom stereocenters. The third-order valence-corrected chi connectivity index (χ3v) is 3.86. The van der Waals surface area contributed by atoms with Crippen LogP contribution < -0.4 is 21.3 Å². The summed E-state index contributed by atoms with van der Waals surface area (Å²) in [5, 5.41) is 10.1. The highest BCUT2D eigenvalue weighted by atomic mass is 127. The van der Waals surface area contributed by atoms with Crippen LogP contribution in [0.2, 0.25) is 19.0 Å². The Hall–Kier alpha value is -2.00. The van der Waals surface area contributed by atoms with Crippen LogP contribution in [0.5, 0.6) is 0 Å². The van der Waals surface area contributed by atoms with Gasteiger partial charge in [-0.05, 0) is 22.6 Å². The summed E-state index contributed by atoms with van der Waals surface area (Å²) in [6.45, 7) is -0.158. The molecule has 0 aliphatic rings. The molecule has 0 fully saturated rings. The van der Waals surface area contributed by atoms with Gasteiger partial charge in [0, 0.05) is 19.6 Å². The van der Waals surface area contributed by atoms with Crippen LogP contribution in [0.1, 0.15) is 0 Å². The molecule has 31 heavy (non-hydrogen) atoms. The Morgan fingerprint density at radius 1 is 0.645 bits per heavy atom. The van der Waals surface area contributed by atoms with Gasteiger partial charge in [0.2, 0.25) is 0 Å². The van der Waals surface area contributed by atoms with Crippen molar-refractivity contribution in [2.75, 3.05) is 44.1 Å². The zero-order chi connectivity index (χ0) is 23.5. The summed E-state index contributed by atoms with van der Waals surface area (Å²) in [5.41, 5.74) is -1.57. The lowest BCUT2D eigenvalue weighted by atomic mass is 10.0. The number of amides is 4. The molecule has 0 aromatic rings. The highest BCUT2D eigenvalue weighted by molar-refractivity contribution is 14.1. The van der Waals surface area contributed by atoms with E-state index in [0.29, 0.717) is 38.6 Å². The first-order chi connectivity index (χ1) is 14.8. The molecule has 0 bridgehead atoms. The standard InChI is InChI=1S/C15H30B3IN4O8/c16-1-4-20-11(24)28-7-15(23-14(27)31-10-19,8-29-12(25)21-5-2-17)9-30-13(26)22-6-3-18/h1-10,16-18H2,(H,20,24)(H,21,25)(H,22,26)(H,23,27). The number of nitrogens with one attached hydrogen (secondary N) is 4. The molecule has 174 valence electrons. The average Bonchev–Trinajstić information content (AvgIpc) is 2.75. The van der Waals surface area contributed by atoms with E-state index in [4.69, 9.17) is 18.9 Å². The van der Waals surface area contributed by atoms with Gasteiger partial charge in [-0.25, -0.2) is 19.2 Å². The number of hydrogen-bond acceptors (Lipinski definition) is 8. The first kappa shape index (κ1) is 29.0. The number of carbonyl (C=O) groups is 4. The van der Waals surface area contributed by atoms with Crippen LogP contribution in [0.15, 0.2) is 0 Å². The fourth-order valence-corrected chi connectivity index (χ4v) is 2.26. The lowest BCUT2D eigenvalue weighted by molar-refractivity contribution is 0.0137. The van der Waals surface area contributed by atoms with Gasteiger partial charge in [-0.15, -0.1) is 0 Å². The molecule has 0 aliphatic heterocycles. The van der Waals surface area contributed by atoms with Crippen LogP contribution in [0.3, 0.4) is 0 Å². The number of hydrogen-bond donors (Lipinski definition) is 4. The van der Waals surface area contributed by atoms with Crippen molar-refractivity contribution >= 4 is 70.5 Å². The highest BCUT2D eigenvalue weighted by Gasteiger charge is 2.38. The van der Waals surface area contributed by atoms with E-state index in [9.17, 15) is 19.2 Å². The smallest absolute Gasteiger partial charge is 0.408 e. The first-order valence-electron chi connectivity index (χ1n) is 10.0. The van der Waals surface area contributed by atoms with Crippen LogP contribution in [0.25, 0.3) is 0 Å². The SMILES string of the molecule is BCCNC(=O)OCC(COC(=O)NCCB)(COC(=O)NCCB)NC(=O)OCI. The lowest BCUT2D eigenvalue weighted by Crippen LogP contribution is -2.60. The van der Waals surface area contributed by atoms with Gasteiger partial charge in [0.15, 0.2) is 0 Å². The maximum atomic E-state index is 12.1. The normalized spacial score (nSPS) is 10.4. The summed E-state index contributed by atoms with van der Waals surface area (Å²) in [6, 6.07) is 0. The minimum atomic E-state index is -1.57. The van der Waals surface area contributed by atoms with Crippen LogP contribution in [0, 0.1) is 0 Å². The molecule has 4 N–H and O–H groups in total. The van der Waals surface area contributed by atoms with Gasteiger partial charge in [0.1, 0.15) is 53.5 Å². The van der Waals surface area contributed by atoms with Crippen molar-refractivity contribution in [2.45, 2.75) is 24.5 Å². The molecule has 0 rings (SSSR count). The number of ether oxygens (including phenoxy) is 4. The Bertz CT molecular complexity index is 517. The Morgan fingerprint density at radius 3 is 1.29 bits per heavy atom. The van der Waals surface area contributed by atoms with Crippen molar-refractivity contribution in [3.63, 3.8) is 0 Å². The van der Waals surface area contributed by atoms with Gasteiger partial charge in [-0.2, -0.15) is 0 Å². The van der Waals surface area contributed by atoms with E-state index in [-0.39, 0.29) is 4.61 Å². The Kier molecular flexibility index (Phi) is 16.5. The largest absolute Gasteiger partial charge is 0.447 e. The molecule has 16 heteroatoms. The summed E-state index contributed by atoms with van der Waals surface area (Å²) >= 11 is 1.83. The average molecular weight is 554 g/mol. The molecule has 0 unspecified atom stereocenters. The highest BCUT2D eigenvalue weighted by Crippen LogP contribution is 2.11. The minimum absolute atomic E-state index is 0.0488. The van der Waals surface area contributed by atoms with Gasteiger partial charge in [0.25, 0.3) is 0 Å². The van der Waals surface area contributed by atoms with Crippen molar-refractivity contribution in [2.24, 2.45) is 0 Å². The summed E-state index contributed by atoms with van der Waals surface area (Å²) < 4.78 is 20.4. The summed E-state index contributed by atoms with van der Waals surface area (Å²) in [7, 11) is 5.62. The van der Waals surface area contributed by atoms with Gasteiger partial charge < -0.3 is 40.2 Å². The van der Waals surface area contributed by atoms with E-state index in [1.807, 2.05) is 46.1 Å². The molecule has 12 nitrogen and oxygen atoms in total. The molecule has 0 aliphatic carbocycles. The van der Waals surface area contributed by atoms with Gasteiger partial charge in [0.05, 0.1) is 0 Å². The van der Waals surface area contributed by atoms with E-state index < -0.39 is 49.7 Å². The van der Waals surface area contributed by atoms with Gasteiger partial charge in [-0.3, -0.25) is 0 Å². The molecule has 0 saturated heterocycles. The second kappa shape index (κ2) is 17.7. The predicted octanol–water partition coefficient (Wildman–Crippen LogP) is -1.82. The number of alkyl halides is 1. The third-order valence-electron chi connectivity index (χ3n) is 3.55. The summed E-state index contributed by atoms with van der Waals surface area (Å²) in [6.07, 6.45) is -0.975. The van der Waals surface area contributed by atoms with Gasteiger partial charge in [-0.1, -0.05) is 19.0 Å². The van der Waals surface area contributed by atoms with Crippen molar-refractivity contribution in [3.05, 3.63) is 0 Å². The number of carbonyl (C=O) groups excluding carboxylic acids is 4. The molecule has 0 aromatic carbocycles.